The van der Waals surface area contributed by atoms with Gasteiger partial charge in [-0.05, 0) is 35.9 Å². The van der Waals surface area contributed by atoms with Crippen molar-refractivity contribution in [1.82, 2.24) is 4.31 Å². The number of rotatable bonds is 8. The van der Waals surface area contributed by atoms with Crippen LogP contribution in [0.25, 0.3) is 0 Å². The Balaban J connectivity index is 1.78. The van der Waals surface area contributed by atoms with E-state index in [1.54, 1.807) is 30.3 Å². The van der Waals surface area contributed by atoms with Crippen molar-refractivity contribution in [1.29, 1.82) is 0 Å². The number of nitro groups is 1. The largest absolute Gasteiger partial charge is 0.480 e. The van der Waals surface area contributed by atoms with E-state index in [0.29, 0.717) is 28.2 Å². The lowest BCUT2D eigenvalue weighted by Gasteiger charge is -2.15. The number of aliphatic imine (C=N–C) groups is 1. The zero-order chi connectivity index (χ0) is 26.0. The van der Waals surface area contributed by atoms with E-state index in [4.69, 9.17) is 5.11 Å². The van der Waals surface area contributed by atoms with Crippen LogP contribution in [-0.4, -0.2) is 53.9 Å². The number of carbonyl (C=O) groups is 2. The molecule has 3 aromatic carbocycles. The van der Waals surface area contributed by atoms with Crippen molar-refractivity contribution in [3.8, 4) is 0 Å². The van der Waals surface area contributed by atoms with Gasteiger partial charge in [0.25, 0.3) is 5.69 Å². The lowest BCUT2D eigenvalue weighted by atomic mass is 9.90. The van der Waals surface area contributed by atoms with Gasteiger partial charge in [-0.15, -0.1) is 0 Å². The Morgan fingerprint density at radius 1 is 1.11 bits per heavy atom. The number of nitrogens with one attached hydrogen (secondary N) is 1. The number of likely N-dealkylation sites (N-methyl/N-ethyl adjacent to an activating group) is 1. The van der Waals surface area contributed by atoms with Crippen LogP contribution in [0.4, 0.5) is 17.1 Å². The Hall–Kier alpha value is -4.42. The summed E-state index contributed by atoms with van der Waals surface area (Å²) in [7, 11) is -2.87. The maximum atomic E-state index is 13.0. The maximum Gasteiger partial charge on any atom is 0.318 e. The van der Waals surface area contributed by atoms with Crippen molar-refractivity contribution >= 4 is 44.7 Å². The Morgan fingerprint density at radius 3 is 2.39 bits per heavy atom. The average Bonchev–Trinajstić information content (AvgIpc) is 3.17. The standard InChI is InChI=1S/C24H20N4O7S/c1-27(14-21(29)30)36(34,35)18-10-7-16(8-11-18)25-23(15-5-3-2-4-6-15)22-19-13-17(28(32)33)9-12-20(19)26-24(22)31/h2-13,22H,14H2,1H3,(H,26,31)(H,29,30). The van der Waals surface area contributed by atoms with Crippen LogP contribution in [-0.2, 0) is 19.6 Å². The lowest BCUT2D eigenvalue weighted by Crippen LogP contribution is -2.31. The number of nitro benzene ring substituents is 1. The number of fused-ring (bicyclic) bond motifs is 1. The number of sulfonamides is 1. The van der Waals surface area contributed by atoms with Crippen molar-refractivity contribution in [2.45, 2.75) is 10.8 Å². The van der Waals surface area contributed by atoms with E-state index in [9.17, 15) is 28.1 Å². The second-order valence-electron chi connectivity index (χ2n) is 7.96. The first-order valence-electron chi connectivity index (χ1n) is 10.6. The third kappa shape index (κ3) is 4.85. The molecule has 2 N–H and O–H groups in total. The van der Waals surface area contributed by atoms with E-state index in [1.165, 1.54) is 49.5 Å². The number of carboxylic acids is 1. The number of benzene rings is 3. The molecule has 36 heavy (non-hydrogen) atoms. The number of hydrogen-bond donors (Lipinski definition) is 2. The number of nitrogens with zero attached hydrogens (tertiary/aromatic N) is 3. The molecule has 1 amide bonds. The van der Waals surface area contributed by atoms with E-state index in [-0.39, 0.29) is 10.6 Å². The van der Waals surface area contributed by atoms with Gasteiger partial charge in [-0.25, -0.2) is 8.42 Å². The number of aliphatic carboxylic acids is 1. The van der Waals surface area contributed by atoms with Crippen LogP contribution >= 0.6 is 0 Å². The van der Waals surface area contributed by atoms with Gasteiger partial charge in [-0.3, -0.25) is 24.7 Å². The van der Waals surface area contributed by atoms with E-state index in [1.807, 2.05) is 0 Å². The van der Waals surface area contributed by atoms with Gasteiger partial charge >= 0.3 is 5.97 Å². The molecule has 1 atom stereocenters. The highest BCUT2D eigenvalue weighted by Crippen LogP contribution is 2.38. The van der Waals surface area contributed by atoms with E-state index >= 15 is 0 Å². The molecule has 0 saturated carbocycles. The van der Waals surface area contributed by atoms with E-state index in [0.717, 1.165) is 4.31 Å². The Labute approximate surface area is 205 Å². The molecule has 184 valence electrons. The number of anilines is 1. The minimum atomic E-state index is -4.03. The Morgan fingerprint density at radius 2 is 1.78 bits per heavy atom. The molecule has 1 unspecified atom stereocenters. The zero-order valence-corrected chi connectivity index (χ0v) is 19.7. The topological polar surface area (TPSA) is 159 Å². The highest BCUT2D eigenvalue weighted by atomic mass is 32.2. The second kappa shape index (κ2) is 9.68. The highest BCUT2D eigenvalue weighted by Gasteiger charge is 2.36. The van der Waals surface area contributed by atoms with Gasteiger partial charge in [-0.2, -0.15) is 4.31 Å². The first-order valence-corrected chi connectivity index (χ1v) is 12.0. The summed E-state index contributed by atoms with van der Waals surface area (Å²) in [5.41, 5.74) is 1.96. The molecule has 12 heteroatoms. The molecule has 11 nitrogen and oxygen atoms in total. The third-order valence-electron chi connectivity index (χ3n) is 5.57. The summed E-state index contributed by atoms with van der Waals surface area (Å²) in [6.45, 7) is -0.692. The van der Waals surface area contributed by atoms with Crippen molar-refractivity contribution in [3.05, 3.63) is 94.0 Å². The van der Waals surface area contributed by atoms with Crippen LogP contribution in [0.15, 0.2) is 82.7 Å². The Kier molecular flexibility index (Phi) is 6.64. The molecule has 0 radical (unpaired) electrons. The molecule has 1 heterocycles. The van der Waals surface area contributed by atoms with Gasteiger partial charge in [0.15, 0.2) is 0 Å². The van der Waals surface area contributed by atoms with Gasteiger partial charge < -0.3 is 10.4 Å². The summed E-state index contributed by atoms with van der Waals surface area (Å²) >= 11 is 0. The molecule has 0 aromatic heterocycles. The van der Waals surface area contributed by atoms with Gasteiger partial charge in [0.05, 0.1) is 21.2 Å². The third-order valence-corrected chi connectivity index (χ3v) is 7.39. The van der Waals surface area contributed by atoms with Crippen LogP contribution in [0.5, 0.6) is 0 Å². The molecule has 0 aliphatic carbocycles. The van der Waals surface area contributed by atoms with Crippen LogP contribution in [0.1, 0.15) is 17.0 Å². The van der Waals surface area contributed by atoms with E-state index in [2.05, 4.69) is 10.3 Å². The fourth-order valence-corrected chi connectivity index (χ4v) is 4.95. The summed E-state index contributed by atoms with van der Waals surface area (Å²) in [6, 6.07) is 18.4. The van der Waals surface area contributed by atoms with Crippen molar-refractivity contribution < 1.29 is 28.0 Å². The zero-order valence-electron chi connectivity index (χ0n) is 18.9. The summed E-state index contributed by atoms with van der Waals surface area (Å²) < 4.78 is 26.0. The predicted molar refractivity (Wildman–Crippen MR) is 131 cm³/mol. The first-order chi connectivity index (χ1) is 17.1. The van der Waals surface area contributed by atoms with Crippen LogP contribution in [0, 0.1) is 10.1 Å². The molecule has 1 aliphatic rings. The van der Waals surface area contributed by atoms with Crippen molar-refractivity contribution in [2.24, 2.45) is 4.99 Å². The van der Waals surface area contributed by atoms with E-state index < -0.39 is 39.3 Å². The minimum Gasteiger partial charge on any atom is -0.480 e. The monoisotopic (exact) mass is 508 g/mol. The molecule has 0 bridgehead atoms. The summed E-state index contributed by atoms with van der Waals surface area (Å²) in [5.74, 6) is -2.62. The van der Waals surface area contributed by atoms with Crippen LogP contribution in [0.3, 0.4) is 0 Å². The number of carbonyl (C=O) groups excluding carboxylic acids is 1. The first kappa shape index (κ1) is 24.7. The number of amides is 1. The van der Waals surface area contributed by atoms with Gasteiger partial charge in [0.1, 0.15) is 12.5 Å². The van der Waals surface area contributed by atoms with Crippen LogP contribution < -0.4 is 5.32 Å². The molecule has 0 saturated heterocycles. The molecule has 0 fully saturated rings. The summed E-state index contributed by atoms with van der Waals surface area (Å²) in [4.78, 5) is 39.2. The number of carboxylic acid groups (broad SMARTS) is 1. The molecule has 1 aliphatic heterocycles. The fraction of sp³-hybridized carbons (Fsp3) is 0.125. The van der Waals surface area contributed by atoms with Gasteiger partial charge in [0.2, 0.25) is 15.9 Å². The quantitative estimate of drug-likeness (QED) is 0.268. The van der Waals surface area contributed by atoms with Gasteiger partial charge in [0, 0.05) is 30.4 Å². The Bertz CT molecular complexity index is 1490. The SMILES string of the molecule is CN(CC(=O)O)S(=O)(=O)c1ccc(N=C(c2ccccc2)C2C(=O)Nc3ccc([N+](=O)[O-])cc32)cc1. The molecule has 3 aromatic rings. The smallest absolute Gasteiger partial charge is 0.318 e. The van der Waals surface area contributed by atoms with Crippen LogP contribution in [0.2, 0.25) is 0 Å². The van der Waals surface area contributed by atoms with Gasteiger partial charge in [-0.1, -0.05) is 30.3 Å². The maximum absolute atomic E-state index is 13.0. The summed E-state index contributed by atoms with van der Waals surface area (Å²) in [6.07, 6.45) is 0. The van der Waals surface area contributed by atoms with Crippen molar-refractivity contribution in [2.75, 3.05) is 18.9 Å². The van der Waals surface area contributed by atoms with Crippen molar-refractivity contribution in [3.63, 3.8) is 0 Å². The number of non-ortho nitro benzene ring substituents is 1. The predicted octanol–water partition coefficient (Wildman–Crippen LogP) is 3.16. The minimum absolute atomic E-state index is 0.119. The normalized spacial score (nSPS) is 15.4. The number of hydrogen-bond acceptors (Lipinski definition) is 7. The fourth-order valence-electron chi connectivity index (χ4n) is 3.83. The molecular formula is C24H20N4O7S. The lowest BCUT2D eigenvalue weighted by molar-refractivity contribution is -0.384. The highest BCUT2D eigenvalue weighted by molar-refractivity contribution is 7.89. The molecular weight excluding hydrogens is 488 g/mol. The molecule has 4 rings (SSSR count). The second-order valence-corrected chi connectivity index (χ2v) is 10.0. The average molecular weight is 509 g/mol. The molecule has 0 spiro atoms. The summed E-state index contributed by atoms with van der Waals surface area (Å²) in [5, 5.41) is 23.0.